The lowest BCUT2D eigenvalue weighted by Gasteiger charge is -2.15. The van der Waals surface area contributed by atoms with Crippen molar-refractivity contribution in [2.75, 3.05) is 11.9 Å². The van der Waals surface area contributed by atoms with Gasteiger partial charge in [-0.25, -0.2) is 0 Å². The molecule has 0 bridgehead atoms. The highest BCUT2D eigenvalue weighted by Crippen LogP contribution is 2.20. The highest BCUT2D eigenvalue weighted by Gasteiger charge is 2.17. The second kappa shape index (κ2) is 9.44. The molecular weight excluding hydrogens is 340 g/mol. The van der Waals surface area contributed by atoms with Crippen molar-refractivity contribution in [3.63, 3.8) is 0 Å². The number of anilines is 1. The van der Waals surface area contributed by atoms with Crippen molar-refractivity contribution in [3.05, 3.63) is 30.5 Å². The largest absolute Gasteiger partial charge is 0.347 e. The Morgan fingerprint density at radius 2 is 1.96 bits per heavy atom. The van der Waals surface area contributed by atoms with Gasteiger partial charge in [0.15, 0.2) is 0 Å². The molecule has 0 aliphatic heterocycles. The fourth-order valence-electron chi connectivity index (χ4n) is 2.49. The minimum absolute atomic E-state index is 0. The van der Waals surface area contributed by atoms with E-state index in [1.165, 1.54) is 0 Å². The zero-order valence-electron chi connectivity index (χ0n) is 14.9. The molecule has 1 aromatic heterocycles. The van der Waals surface area contributed by atoms with E-state index >= 15 is 0 Å². The smallest absolute Gasteiger partial charge is 0.243 e. The number of halogens is 1. The summed E-state index contributed by atoms with van der Waals surface area (Å²) in [4.78, 5) is 23.8. The summed E-state index contributed by atoms with van der Waals surface area (Å²) >= 11 is 0. The van der Waals surface area contributed by atoms with Gasteiger partial charge in [0.05, 0.1) is 18.1 Å². The van der Waals surface area contributed by atoms with Crippen LogP contribution in [0.4, 0.5) is 5.69 Å². The average Bonchev–Trinajstić information content (AvgIpc) is 2.94. The van der Waals surface area contributed by atoms with Crippen molar-refractivity contribution < 1.29 is 9.59 Å². The van der Waals surface area contributed by atoms with Gasteiger partial charge in [-0.1, -0.05) is 26.8 Å². The van der Waals surface area contributed by atoms with Crippen LogP contribution in [0.25, 0.3) is 10.9 Å². The van der Waals surface area contributed by atoms with Crippen molar-refractivity contribution >= 4 is 40.8 Å². The van der Waals surface area contributed by atoms with Crippen LogP contribution in [0.5, 0.6) is 0 Å². The molecule has 2 amide bonds. The minimum atomic E-state index is -0.605. The van der Waals surface area contributed by atoms with E-state index < -0.39 is 6.04 Å². The molecule has 25 heavy (non-hydrogen) atoms. The van der Waals surface area contributed by atoms with E-state index in [2.05, 4.69) is 28.2 Å². The molecule has 0 unspecified atom stereocenters. The number of nitrogens with zero attached hydrogens (tertiary/aromatic N) is 1. The quantitative estimate of drug-likeness (QED) is 0.703. The van der Waals surface area contributed by atoms with Crippen LogP contribution in [-0.2, 0) is 16.1 Å². The molecule has 1 heterocycles. The molecule has 0 radical (unpaired) electrons. The van der Waals surface area contributed by atoms with Crippen molar-refractivity contribution in [2.24, 2.45) is 11.7 Å². The molecule has 138 valence electrons. The second-order valence-electron chi connectivity index (χ2n) is 6.32. The van der Waals surface area contributed by atoms with Crippen LogP contribution in [0.1, 0.15) is 27.2 Å². The molecule has 7 heteroatoms. The van der Waals surface area contributed by atoms with Gasteiger partial charge < -0.3 is 20.9 Å². The summed E-state index contributed by atoms with van der Waals surface area (Å²) in [5.41, 5.74) is 7.55. The third kappa shape index (κ3) is 5.47. The first kappa shape index (κ1) is 21.0. The van der Waals surface area contributed by atoms with Gasteiger partial charge in [-0.15, -0.1) is 12.4 Å². The summed E-state index contributed by atoms with van der Waals surface area (Å²) in [5, 5.41) is 6.51. The first-order valence-corrected chi connectivity index (χ1v) is 8.34. The topological polar surface area (TPSA) is 89.2 Å². The fourth-order valence-corrected chi connectivity index (χ4v) is 2.49. The van der Waals surface area contributed by atoms with E-state index in [9.17, 15) is 9.59 Å². The first-order chi connectivity index (χ1) is 11.4. The molecule has 0 spiro atoms. The van der Waals surface area contributed by atoms with Gasteiger partial charge in [-0.05, 0) is 35.9 Å². The third-order valence-electron chi connectivity index (χ3n) is 3.97. The Morgan fingerprint density at radius 1 is 1.24 bits per heavy atom. The Balaban J connectivity index is 0.00000312. The number of aromatic nitrogens is 1. The van der Waals surface area contributed by atoms with Crippen molar-refractivity contribution in [1.29, 1.82) is 0 Å². The SMILES string of the molecule is CCCn1ccc2ccc(NC(=O)CNC(=O)[C@@H](N)C(C)C)cc21.Cl. The lowest BCUT2D eigenvalue weighted by atomic mass is 10.1. The minimum Gasteiger partial charge on any atom is -0.347 e. The van der Waals surface area contributed by atoms with E-state index in [4.69, 9.17) is 5.73 Å². The van der Waals surface area contributed by atoms with E-state index in [0.717, 1.165) is 23.9 Å². The van der Waals surface area contributed by atoms with Crippen molar-refractivity contribution in [2.45, 2.75) is 39.8 Å². The van der Waals surface area contributed by atoms with E-state index in [1.54, 1.807) is 0 Å². The van der Waals surface area contributed by atoms with Crippen LogP contribution in [-0.4, -0.2) is 29.0 Å². The number of carbonyl (C=O) groups excluding carboxylic acids is 2. The summed E-state index contributed by atoms with van der Waals surface area (Å²) in [5.74, 6) is -0.554. The van der Waals surface area contributed by atoms with Gasteiger partial charge in [0.1, 0.15) is 0 Å². The molecule has 0 aliphatic carbocycles. The second-order valence-corrected chi connectivity index (χ2v) is 6.32. The van der Waals surface area contributed by atoms with Crippen LogP contribution in [0.3, 0.4) is 0 Å². The molecule has 0 saturated carbocycles. The van der Waals surface area contributed by atoms with Gasteiger partial charge in [0, 0.05) is 18.4 Å². The fraction of sp³-hybridized carbons (Fsp3) is 0.444. The van der Waals surface area contributed by atoms with E-state index in [0.29, 0.717) is 5.69 Å². The lowest BCUT2D eigenvalue weighted by Crippen LogP contribution is -2.46. The average molecular weight is 367 g/mol. The standard InChI is InChI=1S/C18H26N4O2.ClH/c1-4-8-22-9-7-13-5-6-14(10-15(13)22)21-16(23)11-20-18(24)17(19)12(2)3;/h5-7,9-10,12,17H,4,8,11,19H2,1-3H3,(H,20,24)(H,21,23);1H/t17-;/m0./s1. The number of benzene rings is 1. The molecule has 6 nitrogen and oxygen atoms in total. The monoisotopic (exact) mass is 366 g/mol. The highest BCUT2D eigenvalue weighted by atomic mass is 35.5. The van der Waals surface area contributed by atoms with Crippen molar-refractivity contribution in [1.82, 2.24) is 9.88 Å². The summed E-state index contributed by atoms with van der Waals surface area (Å²) in [6.45, 7) is 6.70. The zero-order chi connectivity index (χ0) is 17.7. The number of carbonyl (C=O) groups is 2. The highest BCUT2D eigenvalue weighted by molar-refractivity contribution is 5.97. The number of fused-ring (bicyclic) bond motifs is 1. The van der Waals surface area contributed by atoms with Gasteiger partial charge >= 0.3 is 0 Å². The molecule has 1 aromatic carbocycles. The zero-order valence-corrected chi connectivity index (χ0v) is 15.7. The number of aryl methyl sites for hydroxylation is 1. The Hall–Kier alpha value is -2.05. The summed E-state index contributed by atoms with van der Waals surface area (Å²) in [6.07, 6.45) is 3.09. The summed E-state index contributed by atoms with van der Waals surface area (Å²) < 4.78 is 2.16. The predicted octanol–water partition coefficient (Wildman–Crippen LogP) is 2.51. The first-order valence-electron chi connectivity index (χ1n) is 8.34. The predicted molar refractivity (Wildman–Crippen MR) is 104 cm³/mol. The Kier molecular flexibility index (Phi) is 7.93. The summed E-state index contributed by atoms with van der Waals surface area (Å²) in [6, 6.07) is 7.24. The number of nitrogens with one attached hydrogen (secondary N) is 2. The van der Waals surface area contributed by atoms with Crippen LogP contribution >= 0.6 is 12.4 Å². The van der Waals surface area contributed by atoms with E-state index in [-0.39, 0.29) is 36.7 Å². The van der Waals surface area contributed by atoms with Gasteiger partial charge in [0.2, 0.25) is 11.8 Å². The number of hydrogen-bond donors (Lipinski definition) is 3. The summed E-state index contributed by atoms with van der Waals surface area (Å²) in [7, 11) is 0. The maximum absolute atomic E-state index is 12.0. The molecule has 0 aliphatic rings. The molecule has 0 fully saturated rings. The molecule has 2 aromatic rings. The van der Waals surface area contributed by atoms with Crippen LogP contribution in [0.2, 0.25) is 0 Å². The number of hydrogen-bond acceptors (Lipinski definition) is 3. The number of nitrogens with two attached hydrogens (primary N) is 1. The molecular formula is C18H27ClN4O2. The van der Waals surface area contributed by atoms with Gasteiger partial charge in [-0.2, -0.15) is 0 Å². The maximum Gasteiger partial charge on any atom is 0.243 e. The Morgan fingerprint density at radius 3 is 2.60 bits per heavy atom. The molecule has 4 N–H and O–H groups in total. The Labute approximate surface area is 154 Å². The number of amides is 2. The van der Waals surface area contributed by atoms with Crippen LogP contribution in [0, 0.1) is 5.92 Å². The number of rotatable bonds is 7. The van der Waals surface area contributed by atoms with Gasteiger partial charge in [0.25, 0.3) is 0 Å². The lowest BCUT2D eigenvalue weighted by molar-refractivity contribution is -0.125. The van der Waals surface area contributed by atoms with Crippen LogP contribution in [0.15, 0.2) is 30.5 Å². The molecule has 2 rings (SSSR count). The Bertz CT molecular complexity index is 727. The van der Waals surface area contributed by atoms with E-state index in [1.807, 2.05) is 38.2 Å². The normalized spacial score (nSPS) is 11.9. The third-order valence-corrected chi connectivity index (χ3v) is 3.97. The van der Waals surface area contributed by atoms with Gasteiger partial charge in [-0.3, -0.25) is 9.59 Å². The maximum atomic E-state index is 12.0. The molecule has 0 saturated heterocycles. The molecule has 1 atom stereocenters. The van der Waals surface area contributed by atoms with Crippen molar-refractivity contribution in [3.8, 4) is 0 Å². The van der Waals surface area contributed by atoms with Crippen LogP contribution < -0.4 is 16.4 Å².